The summed E-state index contributed by atoms with van der Waals surface area (Å²) in [6.45, 7) is 7.47. The van der Waals surface area contributed by atoms with Crippen LogP contribution in [0.2, 0.25) is 0 Å². The van der Waals surface area contributed by atoms with E-state index in [9.17, 15) is 9.90 Å². The first-order valence-corrected chi connectivity index (χ1v) is 10.8. The van der Waals surface area contributed by atoms with E-state index in [2.05, 4.69) is 35.0 Å². The fourth-order valence-electron chi connectivity index (χ4n) is 4.25. The van der Waals surface area contributed by atoms with Gasteiger partial charge in [0.2, 0.25) is 5.75 Å². The fraction of sp³-hybridized carbons (Fsp3) is 0.346. The number of hydrogen-bond acceptors (Lipinski definition) is 5. The van der Waals surface area contributed by atoms with Crippen LogP contribution in [0.3, 0.4) is 0 Å². The zero-order valence-electron chi connectivity index (χ0n) is 20.1. The van der Waals surface area contributed by atoms with E-state index in [1.807, 2.05) is 32.0 Å². The average Bonchev–Trinajstić information content (AvgIpc) is 3.02. The van der Waals surface area contributed by atoms with Gasteiger partial charge in [0.15, 0.2) is 11.5 Å². The molecule has 0 radical (unpaired) electrons. The van der Waals surface area contributed by atoms with Gasteiger partial charge in [-0.3, -0.25) is 0 Å². The topological polar surface area (TPSA) is 82.0 Å². The summed E-state index contributed by atoms with van der Waals surface area (Å²) in [6, 6.07) is 12.0. The Bertz CT molecular complexity index is 1120. The SMILES string of the molecule is COc1cc(CNCc2c(C(=O)O)c(C)n(Cc3cccc(C)c3)c2C)cc(OC)c1OC. The fourth-order valence-corrected chi connectivity index (χ4v) is 4.25. The Morgan fingerprint density at radius 1 is 0.909 bits per heavy atom. The number of carbonyl (C=O) groups is 1. The molecule has 1 aromatic heterocycles. The molecule has 0 unspecified atom stereocenters. The summed E-state index contributed by atoms with van der Waals surface area (Å²) >= 11 is 0. The van der Waals surface area contributed by atoms with Gasteiger partial charge in [-0.1, -0.05) is 29.8 Å². The van der Waals surface area contributed by atoms with E-state index < -0.39 is 5.97 Å². The maximum atomic E-state index is 12.1. The lowest BCUT2D eigenvalue weighted by Gasteiger charge is -2.14. The third-order valence-electron chi connectivity index (χ3n) is 5.90. The molecular weight excluding hydrogens is 420 g/mol. The lowest BCUT2D eigenvalue weighted by Crippen LogP contribution is -2.16. The predicted octanol–water partition coefficient (Wildman–Crippen LogP) is 4.48. The molecule has 2 aromatic carbocycles. The van der Waals surface area contributed by atoms with Crippen LogP contribution in [-0.2, 0) is 19.6 Å². The minimum absolute atomic E-state index is 0.359. The largest absolute Gasteiger partial charge is 0.493 e. The first-order valence-electron chi connectivity index (χ1n) is 10.8. The lowest BCUT2D eigenvalue weighted by molar-refractivity contribution is 0.0694. The Balaban J connectivity index is 1.85. The van der Waals surface area contributed by atoms with Gasteiger partial charge in [0.1, 0.15) is 0 Å². The molecular formula is C26H32N2O5. The molecule has 3 rings (SSSR count). The summed E-state index contributed by atoms with van der Waals surface area (Å²) in [5.74, 6) is 0.784. The lowest BCUT2D eigenvalue weighted by atomic mass is 10.1. The summed E-state index contributed by atoms with van der Waals surface area (Å²) in [7, 11) is 4.73. The molecule has 2 N–H and O–H groups in total. The molecule has 0 aliphatic carbocycles. The number of aromatic carboxylic acids is 1. The van der Waals surface area contributed by atoms with Crippen molar-refractivity contribution in [1.82, 2.24) is 9.88 Å². The molecule has 0 amide bonds. The average molecular weight is 453 g/mol. The molecule has 7 nitrogen and oxygen atoms in total. The first kappa shape index (κ1) is 24.2. The van der Waals surface area contributed by atoms with E-state index in [4.69, 9.17) is 14.2 Å². The molecule has 176 valence electrons. The molecule has 0 atom stereocenters. The summed E-state index contributed by atoms with van der Waals surface area (Å²) in [4.78, 5) is 12.1. The summed E-state index contributed by atoms with van der Waals surface area (Å²) in [5.41, 5.74) is 6.12. The number of methoxy groups -OCH3 is 3. The van der Waals surface area contributed by atoms with Crippen molar-refractivity contribution in [2.45, 2.75) is 40.4 Å². The molecule has 0 fully saturated rings. The van der Waals surface area contributed by atoms with Gasteiger partial charge in [0, 0.05) is 36.6 Å². The van der Waals surface area contributed by atoms with Crippen LogP contribution in [0.25, 0.3) is 0 Å². The minimum atomic E-state index is -0.914. The number of carboxylic acids is 1. The van der Waals surface area contributed by atoms with E-state index >= 15 is 0 Å². The van der Waals surface area contributed by atoms with E-state index in [1.54, 1.807) is 21.3 Å². The van der Waals surface area contributed by atoms with Gasteiger partial charge in [0.05, 0.1) is 26.9 Å². The molecule has 0 saturated carbocycles. The number of benzene rings is 2. The van der Waals surface area contributed by atoms with Crippen LogP contribution in [0.1, 0.15) is 44.0 Å². The van der Waals surface area contributed by atoms with Crippen molar-refractivity contribution in [2.75, 3.05) is 21.3 Å². The Morgan fingerprint density at radius 2 is 1.58 bits per heavy atom. The van der Waals surface area contributed by atoms with Crippen molar-refractivity contribution in [1.29, 1.82) is 0 Å². The van der Waals surface area contributed by atoms with Crippen molar-refractivity contribution >= 4 is 5.97 Å². The van der Waals surface area contributed by atoms with Gasteiger partial charge in [-0.2, -0.15) is 0 Å². The van der Waals surface area contributed by atoms with Crippen LogP contribution in [0.4, 0.5) is 0 Å². The third-order valence-corrected chi connectivity index (χ3v) is 5.90. The molecule has 1 heterocycles. The monoisotopic (exact) mass is 452 g/mol. The van der Waals surface area contributed by atoms with Crippen molar-refractivity contribution in [3.63, 3.8) is 0 Å². The highest BCUT2D eigenvalue weighted by molar-refractivity contribution is 5.91. The van der Waals surface area contributed by atoms with E-state index in [1.165, 1.54) is 5.56 Å². The zero-order chi connectivity index (χ0) is 24.1. The van der Waals surface area contributed by atoms with Crippen LogP contribution >= 0.6 is 0 Å². The van der Waals surface area contributed by atoms with Crippen LogP contribution in [0.15, 0.2) is 36.4 Å². The normalized spacial score (nSPS) is 10.8. The van der Waals surface area contributed by atoms with Crippen molar-refractivity contribution < 1.29 is 24.1 Å². The van der Waals surface area contributed by atoms with Crippen molar-refractivity contribution in [2.24, 2.45) is 0 Å². The predicted molar refractivity (Wildman–Crippen MR) is 128 cm³/mol. The maximum absolute atomic E-state index is 12.1. The minimum Gasteiger partial charge on any atom is -0.493 e. The van der Waals surface area contributed by atoms with E-state index in [0.29, 0.717) is 42.4 Å². The quantitative estimate of drug-likeness (QED) is 0.472. The number of carboxylic acid groups (broad SMARTS) is 1. The number of ether oxygens (including phenoxy) is 3. The smallest absolute Gasteiger partial charge is 0.337 e. The number of nitrogens with zero attached hydrogens (tertiary/aromatic N) is 1. The Labute approximate surface area is 194 Å². The third kappa shape index (κ3) is 5.14. The summed E-state index contributed by atoms with van der Waals surface area (Å²) in [5, 5.41) is 13.3. The summed E-state index contributed by atoms with van der Waals surface area (Å²) < 4.78 is 18.3. The Hall–Kier alpha value is -3.45. The molecule has 7 heteroatoms. The first-order chi connectivity index (χ1) is 15.8. The highest BCUT2D eigenvalue weighted by Crippen LogP contribution is 2.38. The van der Waals surface area contributed by atoms with Crippen molar-refractivity contribution in [3.05, 3.63) is 75.6 Å². The zero-order valence-corrected chi connectivity index (χ0v) is 20.1. The second-order valence-corrected chi connectivity index (χ2v) is 8.04. The van der Waals surface area contributed by atoms with Gasteiger partial charge in [-0.25, -0.2) is 4.79 Å². The number of rotatable bonds is 10. The number of aromatic nitrogens is 1. The van der Waals surface area contributed by atoms with Crippen LogP contribution in [0, 0.1) is 20.8 Å². The standard InChI is InChI=1S/C26H32N2O5/c1-16-8-7-9-19(10-16)15-28-17(2)21(24(18(28)3)26(29)30)14-27-13-20-11-22(31-4)25(33-6)23(12-20)32-5/h7-12,27H,13-15H2,1-6H3,(H,29,30). The molecule has 0 aliphatic heterocycles. The molecule has 0 spiro atoms. The van der Waals surface area contributed by atoms with Gasteiger partial charge < -0.3 is 29.2 Å². The number of aryl methyl sites for hydroxylation is 1. The highest BCUT2D eigenvalue weighted by atomic mass is 16.5. The van der Waals surface area contributed by atoms with Gasteiger partial charge in [-0.05, 0) is 44.0 Å². The van der Waals surface area contributed by atoms with Gasteiger partial charge in [0.25, 0.3) is 0 Å². The van der Waals surface area contributed by atoms with E-state index in [0.717, 1.165) is 28.1 Å². The van der Waals surface area contributed by atoms with Crippen LogP contribution in [0.5, 0.6) is 17.2 Å². The molecule has 0 bridgehead atoms. The van der Waals surface area contributed by atoms with Crippen LogP contribution in [-0.4, -0.2) is 37.0 Å². The Morgan fingerprint density at radius 3 is 2.12 bits per heavy atom. The molecule has 0 saturated heterocycles. The highest BCUT2D eigenvalue weighted by Gasteiger charge is 2.22. The van der Waals surface area contributed by atoms with Crippen LogP contribution < -0.4 is 19.5 Å². The van der Waals surface area contributed by atoms with E-state index in [-0.39, 0.29) is 0 Å². The second-order valence-electron chi connectivity index (χ2n) is 8.04. The number of hydrogen-bond donors (Lipinski definition) is 2. The second kappa shape index (κ2) is 10.4. The van der Waals surface area contributed by atoms with Crippen molar-refractivity contribution in [3.8, 4) is 17.2 Å². The maximum Gasteiger partial charge on any atom is 0.337 e. The Kier molecular flexibility index (Phi) is 7.66. The molecule has 33 heavy (non-hydrogen) atoms. The molecule has 3 aromatic rings. The molecule has 0 aliphatic rings. The van der Waals surface area contributed by atoms with Gasteiger partial charge in [-0.15, -0.1) is 0 Å². The summed E-state index contributed by atoms with van der Waals surface area (Å²) in [6.07, 6.45) is 0. The van der Waals surface area contributed by atoms with Gasteiger partial charge >= 0.3 is 5.97 Å². The number of nitrogens with one attached hydrogen (secondary N) is 1.